The van der Waals surface area contributed by atoms with E-state index in [1.165, 1.54) is 0 Å². The van der Waals surface area contributed by atoms with Gasteiger partial charge in [-0.25, -0.2) is 0 Å². The lowest BCUT2D eigenvalue weighted by atomic mass is 10.1. The van der Waals surface area contributed by atoms with Crippen molar-refractivity contribution in [2.75, 3.05) is 0 Å². The van der Waals surface area contributed by atoms with Crippen LogP contribution in [0.1, 0.15) is 58.3 Å². The molecule has 0 spiro atoms. The average Bonchev–Trinajstić information content (AvgIpc) is 3.33. The Morgan fingerprint density at radius 3 is 2.60 bits per heavy atom. The summed E-state index contributed by atoms with van der Waals surface area (Å²) in [5.74, 6) is -0.697. The largest absolute Gasteiger partial charge is 0.481 e. The van der Waals surface area contributed by atoms with Crippen LogP contribution in [0.2, 0.25) is 0 Å². The number of unbranched alkanes of at least 4 members (excludes halogenated alkanes) is 3. The van der Waals surface area contributed by atoms with Crippen molar-refractivity contribution < 1.29 is 14.6 Å². The van der Waals surface area contributed by atoms with Gasteiger partial charge < -0.3 is 9.84 Å². The first-order valence-electron chi connectivity index (χ1n) is 9.41. The fourth-order valence-corrected chi connectivity index (χ4v) is 2.38. The fraction of sp³-hybridized carbons (Fsp3) is 0.500. The van der Waals surface area contributed by atoms with Gasteiger partial charge in [-0.15, -0.1) is 0 Å². The number of carbonyl (C=O) groups is 1. The first-order chi connectivity index (χ1) is 12.2. The van der Waals surface area contributed by atoms with Crippen LogP contribution in [0.4, 0.5) is 0 Å². The van der Waals surface area contributed by atoms with Gasteiger partial charge in [0.2, 0.25) is 0 Å². The fourth-order valence-electron chi connectivity index (χ4n) is 2.38. The van der Waals surface area contributed by atoms with Crippen molar-refractivity contribution in [3.8, 4) is 0 Å². The van der Waals surface area contributed by atoms with Crippen LogP contribution in [0.15, 0.2) is 60.8 Å². The SMILES string of the molecule is CC/C=C\C[C@@H]1O[C@H]1/C=C/C=C/C=C\C/C=C\CCCCCC(=O)O. The van der Waals surface area contributed by atoms with E-state index in [9.17, 15) is 4.79 Å². The Labute approximate surface area is 152 Å². The molecule has 0 aromatic carbocycles. The Hall–Kier alpha value is -1.87. The van der Waals surface area contributed by atoms with E-state index < -0.39 is 5.97 Å². The lowest BCUT2D eigenvalue weighted by Gasteiger charge is -1.94. The van der Waals surface area contributed by atoms with E-state index >= 15 is 0 Å². The molecule has 1 fully saturated rings. The lowest BCUT2D eigenvalue weighted by Crippen LogP contribution is -1.93. The number of aliphatic carboxylic acids is 1. The van der Waals surface area contributed by atoms with E-state index in [1.807, 2.05) is 18.2 Å². The molecule has 0 aromatic rings. The molecule has 3 heteroatoms. The summed E-state index contributed by atoms with van der Waals surface area (Å²) in [6, 6.07) is 0. The van der Waals surface area contributed by atoms with Crippen LogP contribution in [-0.4, -0.2) is 23.3 Å². The number of ether oxygens (including phenoxy) is 1. The minimum absolute atomic E-state index is 0.286. The summed E-state index contributed by atoms with van der Waals surface area (Å²) in [6.07, 6.45) is 28.9. The van der Waals surface area contributed by atoms with Gasteiger partial charge in [-0.2, -0.15) is 0 Å². The van der Waals surface area contributed by atoms with Gasteiger partial charge in [0.25, 0.3) is 0 Å². The van der Waals surface area contributed by atoms with Gasteiger partial charge in [-0.1, -0.05) is 74.1 Å². The monoisotopic (exact) mass is 344 g/mol. The van der Waals surface area contributed by atoms with E-state index in [1.54, 1.807) is 0 Å². The minimum Gasteiger partial charge on any atom is -0.481 e. The number of hydrogen-bond acceptors (Lipinski definition) is 2. The molecular weight excluding hydrogens is 312 g/mol. The van der Waals surface area contributed by atoms with E-state index in [2.05, 4.69) is 49.5 Å². The molecule has 0 aliphatic carbocycles. The smallest absolute Gasteiger partial charge is 0.303 e. The van der Waals surface area contributed by atoms with Gasteiger partial charge in [-0.05, 0) is 38.5 Å². The zero-order chi connectivity index (χ0) is 18.2. The number of hydrogen-bond donors (Lipinski definition) is 1. The topological polar surface area (TPSA) is 49.8 Å². The Bertz CT molecular complexity index is 497. The Kier molecular flexibility index (Phi) is 12.3. The van der Waals surface area contributed by atoms with Crippen molar-refractivity contribution in [1.82, 2.24) is 0 Å². The van der Waals surface area contributed by atoms with Crippen LogP contribution in [-0.2, 0) is 9.53 Å². The van der Waals surface area contributed by atoms with Gasteiger partial charge in [0, 0.05) is 6.42 Å². The van der Waals surface area contributed by atoms with Gasteiger partial charge in [0.05, 0.1) is 6.10 Å². The van der Waals surface area contributed by atoms with Gasteiger partial charge >= 0.3 is 5.97 Å². The summed E-state index contributed by atoms with van der Waals surface area (Å²) in [5, 5.41) is 8.53. The highest BCUT2D eigenvalue weighted by Crippen LogP contribution is 2.26. The second kappa shape index (κ2) is 14.5. The van der Waals surface area contributed by atoms with E-state index in [-0.39, 0.29) is 12.5 Å². The number of carboxylic acid groups (broad SMARTS) is 1. The zero-order valence-corrected chi connectivity index (χ0v) is 15.3. The van der Waals surface area contributed by atoms with Gasteiger partial charge in [0.1, 0.15) is 6.10 Å². The Balaban J connectivity index is 1.96. The average molecular weight is 344 g/mol. The summed E-state index contributed by atoms with van der Waals surface area (Å²) in [5.41, 5.74) is 0. The maximum Gasteiger partial charge on any atom is 0.303 e. The summed E-state index contributed by atoms with van der Waals surface area (Å²) >= 11 is 0. The van der Waals surface area contributed by atoms with Gasteiger partial charge in [-0.3, -0.25) is 4.79 Å². The van der Waals surface area contributed by atoms with Crippen molar-refractivity contribution in [2.24, 2.45) is 0 Å². The van der Waals surface area contributed by atoms with Crippen LogP contribution >= 0.6 is 0 Å². The van der Waals surface area contributed by atoms with Crippen LogP contribution in [0.3, 0.4) is 0 Å². The molecule has 0 aromatic heterocycles. The molecule has 0 radical (unpaired) electrons. The Morgan fingerprint density at radius 1 is 0.960 bits per heavy atom. The summed E-state index contributed by atoms with van der Waals surface area (Å²) in [4.78, 5) is 10.4. The van der Waals surface area contributed by atoms with Crippen molar-refractivity contribution >= 4 is 5.97 Å². The number of carboxylic acids is 1. The molecule has 1 N–H and O–H groups in total. The molecule has 1 rings (SSSR count). The van der Waals surface area contributed by atoms with Crippen LogP contribution in [0, 0.1) is 0 Å². The van der Waals surface area contributed by atoms with Crippen LogP contribution in [0.5, 0.6) is 0 Å². The molecule has 0 saturated carbocycles. The summed E-state index contributed by atoms with van der Waals surface area (Å²) in [7, 11) is 0. The van der Waals surface area contributed by atoms with Gasteiger partial charge in [0.15, 0.2) is 0 Å². The maximum atomic E-state index is 10.4. The van der Waals surface area contributed by atoms with Crippen molar-refractivity contribution in [3.05, 3.63) is 60.8 Å². The molecule has 1 heterocycles. The molecule has 2 atom stereocenters. The van der Waals surface area contributed by atoms with E-state index in [0.717, 1.165) is 44.9 Å². The van der Waals surface area contributed by atoms with Crippen molar-refractivity contribution in [3.63, 3.8) is 0 Å². The zero-order valence-electron chi connectivity index (χ0n) is 15.3. The predicted molar refractivity (Wildman–Crippen MR) is 105 cm³/mol. The third kappa shape index (κ3) is 13.1. The predicted octanol–water partition coefficient (Wildman–Crippen LogP) is 5.76. The first-order valence-corrected chi connectivity index (χ1v) is 9.41. The third-order valence-electron chi connectivity index (χ3n) is 3.86. The molecule has 138 valence electrons. The molecule has 1 saturated heterocycles. The molecule has 25 heavy (non-hydrogen) atoms. The minimum atomic E-state index is -0.697. The highest BCUT2D eigenvalue weighted by Gasteiger charge is 2.34. The molecule has 0 amide bonds. The van der Waals surface area contributed by atoms with Crippen LogP contribution in [0.25, 0.3) is 0 Å². The number of rotatable bonds is 14. The highest BCUT2D eigenvalue weighted by molar-refractivity contribution is 5.66. The molecular formula is C22H32O3. The molecule has 0 bridgehead atoms. The molecule has 0 unspecified atom stereocenters. The molecule has 1 aliphatic heterocycles. The molecule has 1 aliphatic rings. The highest BCUT2D eigenvalue weighted by atomic mass is 16.6. The maximum absolute atomic E-state index is 10.4. The van der Waals surface area contributed by atoms with Crippen molar-refractivity contribution in [1.29, 1.82) is 0 Å². The first kappa shape index (κ1) is 21.2. The number of allylic oxidation sites excluding steroid dienone is 8. The summed E-state index contributed by atoms with van der Waals surface area (Å²) in [6.45, 7) is 2.14. The lowest BCUT2D eigenvalue weighted by molar-refractivity contribution is -0.137. The third-order valence-corrected chi connectivity index (χ3v) is 3.86. The van der Waals surface area contributed by atoms with E-state index in [0.29, 0.717) is 6.10 Å². The summed E-state index contributed by atoms with van der Waals surface area (Å²) < 4.78 is 5.55. The van der Waals surface area contributed by atoms with Crippen molar-refractivity contribution in [2.45, 2.75) is 70.5 Å². The second-order valence-electron chi connectivity index (χ2n) is 6.15. The Morgan fingerprint density at radius 2 is 1.80 bits per heavy atom. The van der Waals surface area contributed by atoms with Crippen LogP contribution < -0.4 is 0 Å². The molecule has 3 nitrogen and oxygen atoms in total. The number of epoxide rings is 1. The van der Waals surface area contributed by atoms with E-state index in [4.69, 9.17) is 9.84 Å². The second-order valence-corrected chi connectivity index (χ2v) is 6.15. The quantitative estimate of drug-likeness (QED) is 0.189. The standard InChI is InChI=1S/C22H32O3/c1-2-3-14-17-20-21(25-20)18-15-12-10-8-6-4-5-7-9-11-13-16-19-22(23)24/h3,5-8,10,12,14-15,18,20-21H,2,4,9,11,13,16-17,19H2,1H3,(H,23,24)/b7-5-,8-6-,12-10+,14-3-,18-15+/t20-,21-/m0/s1. The normalized spacial score (nSPS) is 20.8.